The molecule has 0 bridgehead atoms. The van der Waals surface area contributed by atoms with Gasteiger partial charge in [-0.25, -0.2) is 0 Å². The number of hydrogen-bond acceptors (Lipinski definition) is 5. The van der Waals surface area contributed by atoms with Gasteiger partial charge in [0.15, 0.2) is 5.11 Å². The van der Waals surface area contributed by atoms with Gasteiger partial charge in [-0.1, -0.05) is 12.1 Å². The van der Waals surface area contributed by atoms with Gasteiger partial charge < -0.3 is 29.4 Å². The summed E-state index contributed by atoms with van der Waals surface area (Å²) in [4.78, 5) is 17.9. The fraction of sp³-hybridized carbons (Fsp3) is 0.385. The van der Waals surface area contributed by atoms with Gasteiger partial charge >= 0.3 is 0 Å². The number of nitrogens with one attached hydrogen (secondary N) is 2. The molecule has 4 rings (SSSR count). The highest BCUT2D eigenvalue weighted by Gasteiger charge is 2.19. The second-order valence-corrected chi connectivity index (χ2v) is 8.72. The summed E-state index contributed by atoms with van der Waals surface area (Å²) < 4.78 is 16.6. The Morgan fingerprint density at radius 2 is 1.97 bits per heavy atom. The number of methoxy groups -OCH3 is 1. The maximum atomic E-state index is 12.9. The van der Waals surface area contributed by atoms with Crippen LogP contribution in [-0.4, -0.2) is 48.0 Å². The number of ether oxygens (including phenoxy) is 3. The summed E-state index contributed by atoms with van der Waals surface area (Å²) in [6.45, 7) is 4.91. The molecule has 1 fully saturated rings. The summed E-state index contributed by atoms with van der Waals surface area (Å²) in [5.41, 5.74) is 2.35. The third-order valence-corrected chi connectivity index (χ3v) is 6.29. The van der Waals surface area contributed by atoms with Crippen LogP contribution in [0.1, 0.15) is 30.9 Å². The van der Waals surface area contributed by atoms with Crippen molar-refractivity contribution in [2.75, 3.05) is 26.9 Å². The summed E-state index contributed by atoms with van der Waals surface area (Å²) >= 11 is 5.75. The molecule has 1 saturated heterocycles. The lowest BCUT2D eigenvalue weighted by atomic mass is 10.1. The van der Waals surface area contributed by atoms with E-state index in [0.29, 0.717) is 36.9 Å². The molecule has 0 spiro atoms. The molecule has 0 amide bonds. The first-order valence-electron chi connectivity index (χ1n) is 11.6. The van der Waals surface area contributed by atoms with E-state index in [1.165, 1.54) is 0 Å². The lowest BCUT2D eigenvalue weighted by Crippen LogP contribution is -2.42. The van der Waals surface area contributed by atoms with Crippen molar-refractivity contribution >= 4 is 28.2 Å². The van der Waals surface area contributed by atoms with Crippen LogP contribution in [0, 0.1) is 0 Å². The molecule has 8 heteroatoms. The third kappa shape index (κ3) is 6.07. The van der Waals surface area contributed by atoms with Crippen LogP contribution in [-0.2, 0) is 17.8 Å². The van der Waals surface area contributed by atoms with E-state index in [1.807, 2.05) is 60.4 Å². The van der Waals surface area contributed by atoms with Crippen molar-refractivity contribution in [1.29, 1.82) is 0 Å². The van der Waals surface area contributed by atoms with Gasteiger partial charge in [-0.05, 0) is 73.9 Å². The second-order valence-electron chi connectivity index (χ2n) is 8.33. The van der Waals surface area contributed by atoms with E-state index in [4.69, 9.17) is 26.4 Å². The number of benzene rings is 2. The molecule has 0 radical (unpaired) electrons. The van der Waals surface area contributed by atoms with Crippen LogP contribution in [0.2, 0.25) is 0 Å². The minimum absolute atomic E-state index is 0.127. The predicted molar refractivity (Wildman–Crippen MR) is 138 cm³/mol. The molecule has 34 heavy (non-hydrogen) atoms. The second kappa shape index (κ2) is 11.4. The SMILES string of the molecule is CCOc1ccc2[nH]c(=O)c(CN(Cc3ccc(OC)cc3)C(=S)NCC3CCCO3)cc2c1. The summed E-state index contributed by atoms with van der Waals surface area (Å²) in [6.07, 6.45) is 2.27. The van der Waals surface area contributed by atoms with Crippen molar-refractivity contribution in [3.8, 4) is 11.5 Å². The zero-order valence-electron chi connectivity index (χ0n) is 19.6. The zero-order chi connectivity index (χ0) is 23.9. The molecular formula is C26H31N3O4S. The number of pyridine rings is 1. The van der Waals surface area contributed by atoms with Gasteiger partial charge in [-0.3, -0.25) is 4.79 Å². The Balaban J connectivity index is 1.57. The molecule has 0 aliphatic carbocycles. The van der Waals surface area contributed by atoms with Crippen LogP contribution in [0.4, 0.5) is 0 Å². The average molecular weight is 482 g/mol. The Kier molecular flexibility index (Phi) is 8.03. The van der Waals surface area contributed by atoms with E-state index in [9.17, 15) is 4.79 Å². The number of aromatic nitrogens is 1. The Morgan fingerprint density at radius 3 is 2.68 bits per heavy atom. The van der Waals surface area contributed by atoms with E-state index in [-0.39, 0.29) is 11.7 Å². The summed E-state index contributed by atoms with van der Waals surface area (Å²) in [5, 5.41) is 4.86. The Morgan fingerprint density at radius 1 is 1.18 bits per heavy atom. The standard InChI is InChI=1S/C26H31N3O4S/c1-3-32-22-10-11-24-19(14-22)13-20(25(30)28-24)17-29(16-18-6-8-21(31-2)9-7-18)26(34)27-15-23-5-4-12-33-23/h6-11,13-14,23H,3-5,12,15-17H2,1-2H3,(H,27,34)(H,28,30). The van der Waals surface area contributed by atoms with Crippen molar-refractivity contribution in [3.63, 3.8) is 0 Å². The maximum absolute atomic E-state index is 12.9. The van der Waals surface area contributed by atoms with Crippen molar-refractivity contribution < 1.29 is 14.2 Å². The number of H-pyrrole nitrogens is 1. The monoisotopic (exact) mass is 481 g/mol. The van der Waals surface area contributed by atoms with Gasteiger partial charge in [0.05, 0.1) is 26.4 Å². The average Bonchev–Trinajstić information content (AvgIpc) is 3.37. The molecule has 1 aliphatic heterocycles. The van der Waals surface area contributed by atoms with Crippen LogP contribution in [0.5, 0.6) is 11.5 Å². The number of fused-ring (bicyclic) bond motifs is 1. The minimum atomic E-state index is -0.127. The molecule has 3 aromatic rings. The lowest BCUT2D eigenvalue weighted by Gasteiger charge is -2.27. The van der Waals surface area contributed by atoms with Gasteiger partial charge in [-0.2, -0.15) is 0 Å². The van der Waals surface area contributed by atoms with Gasteiger partial charge in [0.1, 0.15) is 11.5 Å². The van der Waals surface area contributed by atoms with Crippen LogP contribution in [0.15, 0.2) is 53.3 Å². The smallest absolute Gasteiger partial charge is 0.253 e. The normalized spacial score (nSPS) is 15.3. The molecule has 1 atom stereocenters. The summed E-state index contributed by atoms with van der Waals surface area (Å²) in [5.74, 6) is 1.57. The first-order valence-corrected chi connectivity index (χ1v) is 12.0. The maximum Gasteiger partial charge on any atom is 0.253 e. The van der Waals surface area contributed by atoms with Crippen molar-refractivity contribution in [2.45, 2.75) is 39.0 Å². The molecular weight excluding hydrogens is 450 g/mol. The van der Waals surface area contributed by atoms with Crippen LogP contribution in [0.25, 0.3) is 10.9 Å². The van der Waals surface area contributed by atoms with Crippen LogP contribution < -0.4 is 20.3 Å². The topological polar surface area (TPSA) is 75.8 Å². The first-order chi connectivity index (χ1) is 16.6. The quantitative estimate of drug-likeness (QED) is 0.448. The van der Waals surface area contributed by atoms with E-state index in [1.54, 1.807) is 7.11 Å². The summed E-state index contributed by atoms with van der Waals surface area (Å²) in [6, 6.07) is 15.5. The number of hydrogen-bond donors (Lipinski definition) is 2. The molecule has 1 aromatic heterocycles. The lowest BCUT2D eigenvalue weighted by molar-refractivity contribution is 0.113. The first kappa shape index (κ1) is 24.0. The van der Waals surface area contributed by atoms with E-state index >= 15 is 0 Å². The molecule has 1 unspecified atom stereocenters. The minimum Gasteiger partial charge on any atom is -0.497 e. The number of thiocarbonyl (C=S) groups is 1. The zero-order valence-corrected chi connectivity index (χ0v) is 20.5. The molecule has 2 heterocycles. The molecule has 180 valence electrons. The molecule has 2 N–H and O–H groups in total. The fourth-order valence-electron chi connectivity index (χ4n) is 4.08. The number of aromatic amines is 1. The van der Waals surface area contributed by atoms with Gasteiger partial charge in [0, 0.05) is 36.2 Å². The van der Waals surface area contributed by atoms with Gasteiger partial charge in [0.2, 0.25) is 0 Å². The van der Waals surface area contributed by atoms with E-state index < -0.39 is 0 Å². The summed E-state index contributed by atoms with van der Waals surface area (Å²) in [7, 11) is 1.65. The van der Waals surface area contributed by atoms with Crippen LogP contribution >= 0.6 is 12.2 Å². The highest BCUT2D eigenvalue weighted by molar-refractivity contribution is 7.80. The predicted octanol–water partition coefficient (Wildman–Crippen LogP) is 3.99. The van der Waals surface area contributed by atoms with Crippen molar-refractivity contribution in [2.24, 2.45) is 0 Å². The van der Waals surface area contributed by atoms with Crippen molar-refractivity contribution in [1.82, 2.24) is 15.2 Å². The molecule has 2 aromatic carbocycles. The van der Waals surface area contributed by atoms with Crippen LogP contribution in [0.3, 0.4) is 0 Å². The third-order valence-electron chi connectivity index (χ3n) is 5.89. The molecule has 0 saturated carbocycles. The Hall–Kier alpha value is -3.10. The highest BCUT2D eigenvalue weighted by Crippen LogP contribution is 2.21. The van der Waals surface area contributed by atoms with Gasteiger partial charge in [-0.15, -0.1) is 0 Å². The van der Waals surface area contributed by atoms with E-state index in [2.05, 4.69) is 10.3 Å². The largest absolute Gasteiger partial charge is 0.497 e. The fourth-order valence-corrected chi connectivity index (χ4v) is 4.29. The number of nitrogens with zero attached hydrogens (tertiary/aromatic N) is 1. The van der Waals surface area contributed by atoms with Crippen molar-refractivity contribution in [3.05, 3.63) is 70.0 Å². The highest BCUT2D eigenvalue weighted by atomic mass is 32.1. The molecule has 7 nitrogen and oxygen atoms in total. The Bertz CT molecular complexity index is 1170. The Labute approximate surface area is 205 Å². The van der Waals surface area contributed by atoms with E-state index in [0.717, 1.165) is 47.4 Å². The molecule has 1 aliphatic rings. The number of rotatable bonds is 9. The van der Waals surface area contributed by atoms with Gasteiger partial charge in [0.25, 0.3) is 5.56 Å².